The van der Waals surface area contributed by atoms with Crippen molar-refractivity contribution < 1.29 is 9.53 Å². The number of piperidine rings is 1. The van der Waals surface area contributed by atoms with Crippen LogP contribution in [0.15, 0.2) is 4.47 Å². The first-order valence-corrected chi connectivity index (χ1v) is 8.45. The standard InChI is InChI=1S/C15H24BrN3O2/c1-4-12-14(16)13(18(3)17-12)10-19-8-6-7-11(9-19)15(20)21-5-2/h11H,4-10H2,1-3H3. The number of hydrogen-bond acceptors (Lipinski definition) is 4. The molecule has 0 aromatic carbocycles. The first-order valence-electron chi connectivity index (χ1n) is 7.66. The minimum absolute atomic E-state index is 0.0105. The summed E-state index contributed by atoms with van der Waals surface area (Å²) in [5.41, 5.74) is 2.27. The second-order valence-electron chi connectivity index (χ2n) is 5.51. The highest BCUT2D eigenvalue weighted by atomic mass is 79.9. The summed E-state index contributed by atoms with van der Waals surface area (Å²) in [4.78, 5) is 14.2. The van der Waals surface area contributed by atoms with E-state index >= 15 is 0 Å². The van der Waals surface area contributed by atoms with Crippen LogP contribution in [-0.4, -0.2) is 40.3 Å². The smallest absolute Gasteiger partial charge is 0.310 e. The average Bonchev–Trinajstić information content (AvgIpc) is 2.75. The first kappa shape index (κ1) is 16.5. The van der Waals surface area contributed by atoms with Crippen molar-refractivity contribution >= 4 is 21.9 Å². The molecule has 118 valence electrons. The molecule has 1 unspecified atom stereocenters. The third-order valence-corrected chi connectivity index (χ3v) is 4.92. The minimum atomic E-state index is -0.0551. The predicted octanol–water partition coefficient (Wildman–Crippen LogP) is 2.52. The molecule has 0 radical (unpaired) electrons. The van der Waals surface area contributed by atoms with Crippen LogP contribution in [0, 0.1) is 5.92 Å². The van der Waals surface area contributed by atoms with Gasteiger partial charge in [0, 0.05) is 20.1 Å². The second-order valence-corrected chi connectivity index (χ2v) is 6.30. The highest BCUT2D eigenvalue weighted by Gasteiger charge is 2.28. The molecule has 0 spiro atoms. The number of rotatable bonds is 5. The molecule has 1 aromatic rings. The van der Waals surface area contributed by atoms with Crippen LogP contribution in [0.4, 0.5) is 0 Å². The molecule has 0 aliphatic carbocycles. The van der Waals surface area contributed by atoms with E-state index < -0.39 is 0 Å². The third-order valence-electron chi connectivity index (χ3n) is 4.00. The molecule has 1 aromatic heterocycles. The maximum Gasteiger partial charge on any atom is 0.310 e. The van der Waals surface area contributed by atoms with Crippen molar-refractivity contribution in [2.75, 3.05) is 19.7 Å². The van der Waals surface area contributed by atoms with Crippen LogP contribution in [0.1, 0.15) is 38.1 Å². The number of carbonyl (C=O) groups is 1. The lowest BCUT2D eigenvalue weighted by atomic mass is 9.98. The maximum absolute atomic E-state index is 11.9. The fraction of sp³-hybridized carbons (Fsp3) is 0.733. The van der Waals surface area contributed by atoms with Crippen molar-refractivity contribution in [1.29, 1.82) is 0 Å². The SMILES string of the molecule is CCOC(=O)C1CCCN(Cc2c(Br)c(CC)nn2C)C1. The van der Waals surface area contributed by atoms with Gasteiger partial charge in [-0.2, -0.15) is 5.10 Å². The molecular formula is C15H24BrN3O2. The number of hydrogen-bond donors (Lipinski definition) is 0. The van der Waals surface area contributed by atoms with Crippen molar-refractivity contribution in [1.82, 2.24) is 14.7 Å². The summed E-state index contributed by atoms with van der Waals surface area (Å²) in [5, 5.41) is 4.53. The van der Waals surface area contributed by atoms with Gasteiger partial charge in [-0.05, 0) is 48.7 Å². The lowest BCUT2D eigenvalue weighted by Crippen LogP contribution is -2.39. The van der Waals surface area contributed by atoms with Gasteiger partial charge in [0.25, 0.3) is 0 Å². The zero-order valence-corrected chi connectivity index (χ0v) is 14.6. The van der Waals surface area contributed by atoms with Crippen LogP contribution in [0.3, 0.4) is 0 Å². The second kappa shape index (κ2) is 7.40. The number of ether oxygens (including phenoxy) is 1. The normalized spacial score (nSPS) is 19.7. The Bertz CT molecular complexity index is 501. The van der Waals surface area contributed by atoms with Gasteiger partial charge in [-0.25, -0.2) is 0 Å². The average molecular weight is 358 g/mol. The van der Waals surface area contributed by atoms with Gasteiger partial charge in [-0.3, -0.25) is 14.4 Å². The molecule has 1 atom stereocenters. The Morgan fingerprint density at radius 3 is 2.86 bits per heavy atom. The van der Waals surface area contributed by atoms with Gasteiger partial charge in [0.1, 0.15) is 0 Å². The number of nitrogens with zero attached hydrogens (tertiary/aromatic N) is 3. The number of likely N-dealkylation sites (tertiary alicyclic amines) is 1. The molecule has 0 N–H and O–H groups in total. The Balaban J connectivity index is 2.03. The summed E-state index contributed by atoms with van der Waals surface area (Å²) in [7, 11) is 1.98. The molecule has 0 bridgehead atoms. The van der Waals surface area contributed by atoms with Crippen molar-refractivity contribution in [3.8, 4) is 0 Å². The number of carbonyl (C=O) groups excluding carboxylic acids is 1. The van der Waals surface area contributed by atoms with Gasteiger partial charge in [0.2, 0.25) is 0 Å². The Morgan fingerprint density at radius 2 is 2.24 bits per heavy atom. The Labute approximate surface area is 134 Å². The Kier molecular flexibility index (Phi) is 5.81. The molecule has 1 aliphatic heterocycles. The molecule has 1 saturated heterocycles. The molecule has 0 amide bonds. The molecule has 1 fully saturated rings. The summed E-state index contributed by atoms with van der Waals surface area (Å²) in [6.07, 6.45) is 2.89. The van der Waals surface area contributed by atoms with Crippen LogP contribution in [-0.2, 0) is 29.5 Å². The van der Waals surface area contributed by atoms with E-state index in [-0.39, 0.29) is 11.9 Å². The maximum atomic E-state index is 11.9. The number of aromatic nitrogens is 2. The van der Waals surface area contributed by atoms with Gasteiger partial charge in [-0.15, -0.1) is 0 Å². The third kappa shape index (κ3) is 3.86. The van der Waals surface area contributed by atoms with Crippen molar-refractivity contribution in [2.45, 2.75) is 39.7 Å². The molecule has 21 heavy (non-hydrogen) atoms. The summed E-state index contributed by atoms with van der Waals surface area (Å²) < 4.78 is 8.20. The molecule has 5 nitrogen and oxygen atoms in total. The fourth-order valence-electron chi connectivity index (χ4n) is 2.86. The summed E-state index contributed by atoms with van der Waals surface area (Å²) in [5.74, 6) is -0.0446. The Morgan fingerprint density at radius 1 is 1.48 bits per heavy atom. The summed E-state index contributed by atoms with van der Waals surface area (Å²) >= 11 is 3.66. The molecular weight excluding hydrogens is 334 g/mol. The predicted molar refractivity (Wildman–Crippen MR) is 84.9 cm³/mol. The molecule has 1 aliphatic rings. The van der Waals surface area contributed by atoms with Gasteiger partial charge in [0.05, 0.1) is 28.4 Å². The summed E-state index contributed by atoms with van der Waals surface area (Å²) in [6.45, 7) is 7.04. The lowest BCUT2D eigenvalue weighted by molar-refractivity contribution is -0.150. The molecule has 2 rings (SSSR count). The Hall–Kier alpha value is -0.880. The molecule has 6 heteroatoms. The highest BCUT2D eigenvalue weighted by Crippen LogP contribution is 2.25. The largest absolute Gasteiger partial charge is 0.466 e. The minimum Gasteiger partial charge on any atom is -0.466 e. The first-order chi connectivity index (χ1) is 10.1. The fourth-order valence-corrected chi connectivity index (χ4v) is 3.60. The number of halogens is 1. The van der Waals surface area contributed by atoms with E-state index in [1.807, 2.05) is 18.7 Å². The molecule has 0 saturated carbocycles. The number of esters is 1. The quantitative estimate of drug-likeness (QED) is 0.759. The van der Waals surface area contributed by atoms with E-state index in [1.165, 1.54) is 5.69 Å². The van der Waals surface area contributed by atoms with Gasteiger partial charge >= 0.3 is 5.97 Å². The topological polar surface area (TPSA) is 47.4 Å². The van der Waals surface area contributed by atoms with Crippen LogP contribution in [0.2, 0.25) is 0 Å². The van der Waals surface area contributed by atoms with Crippen LogP contribution in [0.25, 0.3) is 0 Å². The van der Waals surface area contributed by atoms with E-state index in [4.69, 9.17) is 4.74 Å². The highest BCUT2D eigenvalue weighted by molar-refractivity contribution is 9.10. The molecule has 2 heterocycles. The van der Waals surface area contributed by atoms with Crippen molar-refractivity contribution in [3.05, 3.63) is 15.9 Å². The van der Waals surface area contributed by atoms with E-state index in [9.17, 15) is 4.79 Å². The number of aryl methyl sites for hydroxylation is 2. The van der Waals surface area contributed by atoms with Crippen LogP contribution in [0.5, 0.6) is 0 Å². The van der Waals surface area contributed by atoms with Crippen molar-refractivity contribution in [2.24, 2.45) is 13.0 Å². The van der Waals surface area contributed by atoms with E-state index in [0.29, 0.717) is 6.61 Å². The van der Waals surface area contributed by atoms with Crippen molar-refractivity contribution in [3.63, 3.8) is 0 Å². The van der Waals surface area contributed by atoms with Gasteiger partial charge in [0.15, 0.2) is 0 Å². The lowest BCUT2D eigenvalue weighted by Gasteiger charge is -2.31. The van der Waals surface area contributed by atoms with Gasteiger partial charge in [-0.1, -0.05) is 6.92 Å². The van der Waals surface area contributed by atoms with E-state index in [0.717, 1.165) is 49.1 Å². The van der Waals surface area contributed by atoms with Crippen LogP contribution >= 0.6 is 15.9 Å². The summed E-state index contributed by atoms with van der Waals surface area (Å²) in [6, 6.07) is 0. The van der Waals surface area contributed by atoms with Crippen LogP contribution < -0.4 is 0 Å². The zero-order valence-electron chi connectivity index (χ0n) is 13.1. The zero-order chi connectivity index (χ0) is 15.4. The van der Waals surface area contributed by atoms with E-state index in [2.05, 4.69) is 32.9 Å². The van der Waals surface area contributed by atoms with E-state index in [1.54, 1.807) is 0 Å². The monoisotopic (exact) mass is 357 g/mol. The van der Waals surface area contributed by atoms with Gasteiger partial charge < -0.3 is 4.74 Å².